The number of urea groups is 1. The molecule has 6 heteroatoms. The Morgan fingerprint density at radius 3 is 2.75 bits per heavy atom. The Balaban J connectivity index is 2.16. The zero-order chi connectivity index (χ0) is 11.8. The van der Waals surface area contributed by atoms with E-state index in [-0.39, 0.29) is 6.54 Å². The van der Waals surface area contributed by atoms with Crippen molar-refractivity contribution in [3.05, 3.63) is 30.1 Å². The van der Waals surface area contributed by atoms with E-state index in [1.807, 2.05) is 18.2 Å². The van der Waals surface area contributed by atoms with E-state index in [4.69, 9.17) is 5.11 Å². The molecule has 0 aliphatic carbocycles. The van der Waals surface area contributed by atoms with Gasteiger partial charge in [0, 0.05) is 24.9 Å². The fourth-order valence-corrected chi connectivity index (χ4v) is 1.07. The largest absolute Gasteiger partial charge is 0.480 e. The van der Waals surface area contributed by atoms with E-state index in [0.717, 1.165) is 5.69 Å². The first-order chi connectivity index (χ1) is 7.68. The highest BCUT2D eigenvalue weighted by molar-refractivity contribution is 5.79. The van der Waals surface area contributed by atoms with Crippen LogP contribution in [0.1, 0.15) is 5.69 Å². The number of carboxylic acid groups (broad SMARTS) is 1. The van der Waals surface area contributed by atoms with Gasteiger partial charge < -0.3 is 15.7 Å². The molecule has 0 unspecified atom stereocenters. The van der Waals surface area contributed by atoms with Crippen LogP contribution in [-0.4, -0.2) is 35.2 Å². The van der Waals surface area contributed by atoms with E-state index < -0.39 is 12.0 Å². The third-order valence-electron chi connectivity index (χ3n) is 1.79. The molecular weight excluding hydrogens is 210 g/mol. The highest BCUT2D eigenvalue weighted by atomic mass is 16.4. The van der Waals surface area contributed by atoms with E-state index >= 15 is 0 Å². The van der Waals surface area contributed by atoms with Gasteiger partial charge in [0.1, 0.15) is 6.54 Å². The van der Waals surface area contributed by atoms with Crippen molar-refractivity contribution >= 4 is 12.0 Å². The number of carbonyl (C=O) groups is 2. The minimum Gasteiger partial charge on any atom is -0.480 e. The molecule has 86 valence electrons. The number of amides is 2. The molecule has 0 spiro atoms. The molecule has 0 aromatic carbocycles. The van der Waals surface area contributed by atoms with Gasteiger partial charge in [0.15, 0.2) is 0 Å². The summed E-state index contributed by atoms with van der Waals surface area (Å²) in [5.41, 5.74) is 0.876. The van der Waals surface area contributed by atoms with E-state index in [1.165, 1.54) is 0 Å². The summed E-state index contributed by atoms with van der Waals surface area (Å²) in [4.78, 5) is 25.3. The van der Waals surface area contributed by atoms with Crippen LogP contribution in [0.2, 0.25) is 0 Å². The van der Waals surface area contributed by atoms with Crippen LogP contribution in [0.25, 0.3) is 0 Å². The van der Waals surface area contributed by atoms with Crippen molar-refractivity contribution in [1.29, 1.82) is 0 Å². The van der Waals surface area contributed by atoms with Crippen LogP contribution in [0.5, 0.6) is 0 Å². The topological polar surface area (TPSA) is 91.3 Å². The number of hydrogen-bond acceptors (Lipinski definition) is 3. The van der Waals surface area contributed by atoms with Gasteiger partial charge in [-0.3, -0.25) is 9.78 Å². The van der Waals surface area contributed by atoms with Crippen LogP contribution >= 0.6 is 0 Å². The molecule has 0 radical (unpaired) electrons. The van der Waals surface area contributed by atoms with Crippen molar-refractivity contribution < 1.29 is 14.7 Å². The SMILES string of the molecule is O=C(O)CNC(=O)NCCc1ccccn1. The molecule has 16 heavy (non-hydrogen) atoms. The number of hydrogen-bond donors (Lipinski definition) is 3. The third kappa shape index (κ3) is 4.94. The van der Waals surface area contributed by atoms with Crippen molar-refractivity contribution in [2.24, 2.45) is 0 Å². The zero-order valence-corrected chi connectivity index (χ0v) is 8.64. The maximum absolute atomic E-state index is 11.0. The van der Waals surface area contributed by atoms with Crippen LogP contribution < -0.4 is 10.6 Å². The first-order valence-electron chi connectivity index (χ1n) is 4.82. The number of nitrogens with one attached hydrogen (secondary N) is 2. The molecule has 0 bridgehead atoms. The van der Waals surface area contributed by atoms with E-state index in [2.05, 4.69) is 15.6 Å². The van der Waals surface area contributed by atoms with Crippen molar-refractivity contribution in [3.63, 3.8) is 0 Å². The molecule has 0 fully saturated rings. The Hall–Kier alpha value is -2.11. The Labute approximate surface area is 92.7 Å². The maximum atomic E-state index is 11.0. The summed E-state index contributed by atoms with van der Waals surface area (Å²) in [5.74, 6) is -1.07. The standard InChI is InChI=1S/C10H13N3O3/c14-9(15)7-13-10(16)12-6-4-8-3-1-2-5-11-8/h1-3,5H,4,6-7H2,(H,14,15)(H2,12,13,16). The van der Waals surface area contributed by atoms with Crippen molar-refractivity contribution in [3.8, 4) is 0 Å². The number of rotatable bonds is 5. The van der Waals surface area contributed by atoms with Gasteiger partial charge in [-0.15, -0.1) is 0 Å². The number of aliphatic carboxylic acids is 1. The van der Waals surface area contributed by atoms with Crippen molar-refractivity contribution in [2.45, 2.75) is 6.42 Å². The molecule has 0 saturated heterocycles. The fraction of sp³-hybridized carbons (Fsp3) is 0.300. The molecule has 0 aliphatic heterocycles. The Morgan fingerprint density at radius 2 is 2.12 bits per heavy atom. The molecular formula is C10H13N3O3. The summed E-state index contributed by atoms with van der Waals surface area (Å²) in [6.45, 7) is 0.0396. The molecule has 1 aromatic rings. The van der Waals surface area contributed by atoms with Gasteiger partial charge in [-0.1, -0.05) is 6.07 Å². The first kappa shape index (κ1) is 12.0. The van der Waals surface area contributed by atoms with Gasteiger partial charge in [0.25, 0.3) is 0 Å². The summed E-state index contributed by atoms with van der Waals surface area (Å²) < 4.78 is 0. The van der Waals surface area contributed by atoms with Crippen molar-refractivity contribution in [1.82, 2.24) is 15.6 Å². The lowest BCUT2D eigenvalue weighted by Crippen LogP contribution is -2.39. The second kappa shape index (κ2) is 6.39. The minimum absolute atomic E-state index is 0.380. The second-order valence-electron chi connectivity index (χ2n) is 3.07. The van der Waals surface area contributed by atoms with E-state index in [0.29, 0.717) is 13.0 Å². The van der Waals surface area contributed by atoms with Gasteiger partial charge in [-0.05, 0) is 12.1 Å². The predicted octanol–water partition coefficient (Wildman–Crippen LogP) is 0.00790. The smallest absolute Gasteiger partial charge is 0.323 e. The average molecular weight is 223 g/mol. The summed E-state index contributed by atoms with van der Waals surface area (Å²) in [7, 11) is 0. The maximum Gasteiger partial charge on any atom is 0.323 e. The lowest BCUT2D eigenvalue weighted by molar-refractivity contribution is -0.135. The minimum atomic E-state index is -1.07. The second-order valence-corrected chi connectivity index (χ2v) is 3.07. The molecule has 3 N–H and O–H groups in total. The predicted molar refractivity (Wildman–Crippen MR) is 57.0 cm³/mol. The molecule has 0 aliphatic rings. The Kier molecular flexibility index (Phi) is 4.78. The summed E-state index contributed by atoms with van der Waals surface area (Å²) >= 11 is 0. The number of pyridine rings is 1. The molecule has 1 rings (SSSR count). The number of carboxylic acids is 1. The zero-order valence-electron chi connectivity index (χ0n) is 8.64. The number of carbonyl (C=O) groups excluding carboxylic acids is 1. The van der Waals surface area contributed by atoms with Crippen LogP contribution in [0.3, 0.4) is 0 Å². The summed E-state index contributed by atoms with van der Waals surface area (Å²) in [5, 5.41) is 13.0. The molecule has 6 nitrogen and oxygen atoms in total. The van der Waals surface area contributed by atoms with E-state index in [9.17, 15) is 9.59 Å². The van der Waals surface area contributed by atoms with Gasteiger partial charge in [0.05, 0.1) is 0 Å². The van der Waals surface area contributed by atoms with Gasteiger partial charge in [-0.2, -0.15) is 0 Å². The molecule has 0 saturated carbocycles. The van der Waals surface area contributed by atoms with Crippen LogP contribution in [-0.2, 0) is 11.2 Å². The molecule has 1 heterocycles. The number of aromatic nitrogens is 1. The Bertz CT molecular complexity index is 354. The van der Waals surface area contributed by atoms with Gasteiger partial charge >= 0.3 is 12.0 Å². The van der Waals surface area contributed by atoms with Crippen LogP contribution in [0, 0.1) is 0 Å². The molecule has 0 atom stereocenters. The molecule has 1 aromatic heterocycles. The Morgan fingerprint density at radius 1 is 1.31 bits per heavy atom. The normalized spacial score (nSPS) is 9.50. The van der Waals surface area contributed by atoms with Gasteiger partial charge in [0.2, 0.25) is 0 Å². The number of nitrogens with zero attached hydrogens (tertiary/aromatic N) is 1. The summed E-state index contributed by atoms with van der Waals surface area (Å²) in [6, 6.07) is 5.05. The fourth-order valence-electron chi connectivity index (χ4n) is 1.07. The van der Waals surface area contributed by atoms with Crippen LogP contribution in [0.4, 0.5) is 4.79 Å². The monoisotopic (exact) mass is 223 g/mol. The molecule has 2 amide bonds. The lowest BCUT2D eigenvalue weighted by Gasteiger charge is -2.05. The average Bonchev–Trinajstić information content (AvgIpc) is 2.28. The first-order valence-corrected chi connectivity index (χ1v) is 4.82. The van der Waals surface area contributed by atoms with Crippen molar-refractivity contribution in [2.75, 3.05) is 13.1 Å². The highest BCUT2D eigenvalue weighted by Gasteiger charge is 2.02. The third-order valence-corrected chi connectivity index (χ3v) is 1.79. The van der Waals surface area contributed by atoms with E-state index in [1.54, 1.807) is 6.20 Å². The quantitative estimate of drug-likeness (QED) is 0.655. The van der Waals surface area contributed by atoms with Crippen LogP contribution in [0.15, 0.2) is 24.4 Å². The summed E-state index contributed by atoms with van der Waals surface area (Å²) in [6.07, 6.45) is 2.29. The highest BCUT2D eigenvalue weighted by Crippen LogP contribution is 1.92. The van der Waals surface area contributed by atoms with Gasteiger partial charge in [-0.25, -0.2) is 4.79 Å². The lowest BCUT2D eigenvalue weighted by atomic mass is 10.3.